The van der Waals surface area contributed by atoms with E-state index < -0.39 is 11.4 Å². The Labute approximate surface area is 81.3 Å². The van der Waals surface area contributed by atoms with Crippen LogP contribution in [-0.4, -0.2) is 12.2 Å². The van der Waals surface area contributed by atoms with Crippen molar-refractivity contribution in [1.29, 1.82) is 0 Å². The normalized spacial score (nSPS) is 17.9. The van der Waals surface area contributed by atoms with Gasteiger partial charge in [-0.1, -0.05) is 0 Å². The molecule has 1 aromatic carbocycles. The van der Waals surface area contributed by atoms with Crippen LogP contribution in [0.25, 0.3) is 0 Å². The van der Waals surface area contributed by atoms with E-state index in [2.05, 4.69) is 0 Å². The quantitative estimate of drug-likeness (QED) is 0.755. The van der Waals surface area contributed by atoms with E-state index in [-0.39, 0.29) is 11.5 Å². The number of halogens is 1. The van der Waals surface area contributed by atoms with Crippen molar-refractivity contribution in [2.45, 2.75) is 18.4 Å². The minimum atomic E-state index is -0.570. The Bertz CT molecular complexity index is 351. The second-order valence-electron chi connectivity index (χ2n) is 3.67. The molecular formula is C10H12FNO2. The molecule has 1 aliphatic rings. The Hall–Kier alpha value is -1.29. The van der Waals surface area contributed by atoms with Gasteiger partial charge in [-0.15, -0.1) is 0 Å². The highest BCUT2D eigenvalue weighted by Gasteiger charge is 2.40. The lowest BCUT2D eigenvalue weighted by atomic mass is 10.1. The average Bonchev–Trinajstić information content (AvgIpc) is 2.84. The van der Waals surface area contributed by atoms with Crippen molar-refractivity contribution in [3.05, 3.63) is 23.5 Å². The lowest BCUT2D eigenvalue weighted by molar-refractivity contribution is 0.350. The molecule has 0 saturated heterocycles. The summed E-state index contributed by atoms with van der Waals surface area (Å²) in [5.74, 6) is -0.892. The Balaban J connectivity index is 2.47. The minimum absolute atomic E-state index is 0.127. The smallest absolute Gasteiger partial charge is 0.196 e. The Morgan fingerprint density at radius 3 is 2.57 bits per heavy atom. The number of phenols is 1. The van der Waals surface area contributed by atoms with Gasteiger partial charge in [0.05, 0.1) is 7.11 Å². The van der Waals surface area contributed by atoms with Crippen LogP contribution in [-0.2, 0) is 5.54 Å². The zero-order chi connectivity index (χ0) is 10.3. The highest BCUT2D eigenvalue weighted by molar-refractivity contribution is 5.46. The molecule has 0 amide bonds. The maximum absolute atomic E-state index is 13.3. The lowest BCUT2D eigenvalue weighted by Gasteiger charge is -2.12. The van der Waals surface area contributed by atoms with E-state index in [1.54, 1.807) is 0 Å². The van der Waals surface area contributed by atoms with Crippen molar-refractivity contribution < 1.29 is 14.2 Å². The molecule has 0 spiro atoms. The first-order valence-electron chi connectivity index (χ1n) is 4.43. The molecule has 3 N–H and O–H groups in total. The second-order valence-corrected chi connectivity index (χ2v) is 3.67. The number of methoxy groups -OCH3 is 1. The van der Waals surface area contributed by atoms with Gasteiger partial charge < -0.3 is 15.6 Å². The standard InChI is InChI=1S/C10H12FNO2/c1-14-9-7(11)4-6(5-8(9)13)10(12)2-3-10/h4-5,13H,2-3,12H2,1H3. The molecule has 1 fully saturated rings. The zero-order valence-electron chi connectivity index (χ0n) is 7.88. The maximum atomic E-state index is 13.3. The summed E-state index contributed by atoms with van der Waals surface area (Å²) < 4.78 is 18.0. The minimum Gasteiger partial charge on any atom is -0.504 e. The first-order valence-corrected chi connectivity index (χ1v) is 4.43. The van der Waals surface area contributed by atoms with Gasteiger partial charge in [0.15, 0.2) is 17.3 Å². The monoisotopic (exact) mass is 197 g/mol. The molecule has 0 aliphatic heterocycles. The van der Waals surface area contributed by atoms with Crippen LogP contribution in [0, 0.1) is 5.82 Å². The molecule has 0 atom stereocenters. The maximum Gasteiger partial charge on any atom is 0.196 e. The number of benzene rings is 1. The lowest BCUT2D eigenvalue weighted by Crippen LogP contribution is -2.18. The predicted octanol–water partition coefficient (Wildman–Crippen LogP) is 1.49. The molecule has 0 bridgehead atoms. The van der Waals surface area contributed by atoms with Gasteiger partial charge in [0.1, 0.15) is 0 Å². The summed E-state index contributed by atoms with van der Waals surface area (Å²) in [6, 6.07) is 2.79. The van der Waals surface area contributed by atoms with Crippen molar-refractivity contribution >= 4 is 0 Å². The molecule has 2 rings (SSSR count). The summed E-state index contributed by atoms with van der Waals surface area (Å²) >= 11 is 0. The van der Waals surface area contributed by atoms with Crippen LogP contribution in [0.5, 0.6) is 11.5 Å². The highest BCUT2D eigenvalue weighted by atomic mass is 19.1. The zero-order valence-corrected chi connectivity index (χ0v) is 7.88. The first-order chi connectivity index (χ1) is 6.57. The number of rotatable bonds is 2. The van der Waals surface area contributed by atoms with E-state index in [1.165, 1.54) is 19.2 Å². The number of phenolic OH excluding ortho intramolecular Hbond substituents is 1. The molecule has 1 aliphatic carbocycles. The fourth-order valence-corrected chi connectivity index (χ4v) is 1.49. The van der Waals surface area contributed by atoms with Crippen LogP contribution >= 0.6 is 0 Å². The van der Waals surface area contributed by atoms with Crippen LogP contribution in [0.1, 0.15) is 18.4 Å². The van der Waals surface area contributed by atoms with Crippen LogP contribution in [0.2, 0.25) is 0 Å². The van der Waals surface area contributed by atoms with Gasteiger partial charge in [-0.25, -0.2) is 4.39 Å². The van der Waals surface area contributed by atoms with Crippen molar-refractivity contribution in [1.82, 2.24) is 0 Å². The van der Waals surface area contributed by atoms with Gasteiger partial charge in [0.2, 0.25) is 0 Å². The molecule has 0 heterocycles. The van der Waals surface area contributed by atoms with Crippen LogP contribution in [0.15, 0.2) is 12.1 Å². The summed E-state index contributed by atoms with van der Waals surface area (Å²) in [5, 5.41) is 9.44. The third-order valence-corrected chi connectivity index (χ3v) is 2.59. The van der Waals surface area contributed by atoms with Gasteiger partial charge in [0.25, 0.3) is 0 Å². The van der Waals surface area contributed by atoms with Crippen LogP contribution < -0.4 is 10.5 Å². The van der Waals surface area contributed by atoms with Crippen LogP contribution in [0.4, 0.5) is 4.39 Å². The van der Waals surface area contributed by atoms with E-state index >= 15 is 0 Å². The number of hydrogen-bond acceptors (Lipinski definition) is 3. The summed E-state index contributed by atoms with van der Waals surface area (Å²) in [5.41, 5.74) is 6.07. The van der Waals surface area contributed by atoms with Gasteiger partial charge in [-0.3, -0.25) is 0 Å². The summed E-state index contributed by atoms with van der Waals surface area (Å²) in [4.78, 5) is 0. The number of ether oxygens (including phenoxy) is 1. The first kappa shape index (κ1) is 9.27. The topological polar surface area (TPSA) is 55.5 Å². The molecule has 14 heavy (non-hydrogen) atoms. The number of nitrogens with two attached hydrogens (primary N) is 1. The molecule has 0 radical (unpaired) electrons. The molecule has 76 valence electrons. The summed E-state index contributed by atoms with van der Waals surface area (Å²) in [7, 11) is 1.31. The van der Waals surface area contributed by atoms with Crippen molar-refractivity contribution in [3.63, 3.8) is 0 Å². The summed E-state index contributed by atoms with van der Waals surface area (Å²) in [6.45, 7) is 0. The molecule has 3 nitrogen and oxygen atoms in total. The third-order valence-electron chi connectivity index (χ3n) is 2.59. The fraction of sp³-hybridized carbons (Fsp3) is 0.400. The van der Waals surface area contributed by atoms with Gasteiger partial charge in [0, 0.05) is 5.54 Å². The number of hydrogen-bond donors (Lipinski definition) is 2. The van der Waals surface area contributed by atoms with Crippen molar-refractivity contribution in [2.24, 2.45) is 5.73 Å². The Morgan fingerprint density at radius 2 is 2.14 bits per heavy atom. The van der Waals surface area contributed by atoms with E-state index in [4.69, 9.17) is 10.5 Å². The van der Waals surface area contributed by atoms with E-state index in [0.29, 0.717) is 5.56 Å². The van der Waals surface area contributed by atoms with E-state index in [1.807, 2.05) is 0 Å². The Kier molecular flexibility index (Phi) is 1.89. The van der Waals surface area contributed by atoms with Gasteiger partial charge in [-0.05, 0) is 30.5 Å². The van der Waals surface area contributed by atoms with Gasteiger partial charge in [-0.2, -0.15) is 0 Å². The molecule has 0 unspecified atom stereocenters. The fourth-order valence-electron chi connectivity index (χ4n) is 1.49. The highest BCUT2D eigenvalue weighted by Crippen LogP contribution is 2.45. The van der Waals surface area contributed by atoms with Gasteiger partial charge >= 0.3 is 0 Å². The Morgan fingerprint density at radius 1 is 1.50 bits per heavy atom. The second kappa shape index (κ2) is 2.85. The van der Waals surface area contributed by atoms with E-state index in [9.17, 15) is 9.50 Å². The molecular weight excluding hydrogens is 185 g/mol. The summed E-state index contributed by atoms with van der Waals surface area (Å²) in [6.07, 6.45) is 1.66. The third kappa shape index (κ3) is 1.32. The van der Waals surface area contributed by atoms with Crippen LogP contribution in [0.3, 0.4) is 0 Å². The number of aromatic hydroxyl groups is 1. The predicted molar refractivity (Wildman–Crippen MR) is 49.7 cm³/mol. The molecule has 4 heteroatoms. The van der Waals surface area contributed by atoms with Crippen molar-refractivity contribution in [2.75, 3.05) is 7.11 Å². The SMILES string of the molecule is COc1c(O)cc(C2(N)CC2)cc1F. The molecule has 0 aromatic heterocycles. The largest absolute Gasteiger partial charge is 0.504 e. The van der Waals surface area contributed by atoms with E-state index in [0.717, 1.165) is 12.8 Å². The average molecular weight is 197 g/mol. The molecule has 1 aromatic rings. The molecule has 1 saturated carbocycles. The van der Waals surface area contributed by atoms with Crippen molar-refractivity contribution in [3.8, 4) is 11.5 Å².